The number of carboxylic acid groups (broad SMARTS) is 1. The third kappa shape index (κ3) is 3.46. The number of aromatic carboxylic acids is 1. The fraction of sp³-hybridized carbons (Fsp3) is 0.154. The number of benzene rings is 1. The van der Waals surface area contributed by atoms with Gasteiger partial charge in [-0.05, 0) is 41.1 Å². The summed E-state index contributed by atoms with van der Waals surface area (Å²) in [6.45, 7) is 1.57. The van der Waals surface area contributed by atoms with Gasteiger partial charge in [0.15, 0.2) is 5.82 Å². The summed E-state index contributed by atoms with van der Waals surface area (Å²) < 4.78 is 19.3. The molecule has 1 heterocycles. The number of nitrogen functional groups attached to an aromatic ring is 1. The number of carboxylic acids is 1. The highest BCUT2D eigenvalue weighted by molar-refractivity contribution is 9.10. The lowest BCUT2D eigenvalue weighted by atomic mass is 10.0. The van der Waals surface area contributed by atoms with E-state index in [1.165, 1.54) is 12.3 Å². The van der Waals surface area contributed by atoms with Gasteiger partial charge in [-0.3, -0.25) is 0 Å². The van der Waals surface area contributed by atoms with E-state index in [1.54, 1.807) is 6.92 Å². The summed E-state index contributed by atoms with van der Waals surface area (Å²) in [7, 11) is 0. The van der Waals surface area contributed by atoms with E-state index in [0.717, 1.165) is 12.1 Å². The smallest absolute Gasteiger partial charge is 0.336 e. The third-order valence-corrected chi connectivity index (χ3v) is 3.09. The van der Waals surface area contributed by atoms with Crippen LogP contribution in [-0.4, -0.2) is 21.0 Å². The van der Waals surface area contributed by atoms with Gasteiger partial charge in [0.1, 0.15) is 16.5 Å². The molecule has 110 valence electrons. The Balaban J connectivity index is 2.36. The van der Waals surface area contributed by atoms with E-state index in [9.17, 15) is 9.18 Å². The van der Waals surface area contributed by atoms with Gasteiger partial charge in [0.25, 0.3) is 5.88 Å². The van der Waals surface area contributed by atoms with Crippen LogP contribution in [0.5, 0.6) is 5.88 Å². The zero-order chi connectivity index (χ0) is 15.6. The molecule has 0 unspecified atom stereocenters. The summed E-state index contributed by atoms with van der Waals surface area (Å²) in [6.07, 6.45) is 0.635. The molecule has 0 bridgehead atoms. The second-order valence-electron chi connectivity index (χ2n) is 4.18. The molecule has 1 aromatic carbocycles. The minimum atomic E-state index is -1.17. The molecule has 8 heteroatoms. The first kappa shape index (κ1) is 15.2. The van der Waals surface area contributed by atoms with Crippen LogP contribution in [0.25, 0.3) is 0 Å². The molecule has 2 aromatic rings. The van der Waals surface area contributed by atoms with Crippen LogP contribution >= 0.6 is 15.9 Å². The Bertz CT molecular complexity index is 696. The highest BCUT2D eigenvalue weighted by Crippen LogP contribution is 2.27. The Kier molecular flexibility index (Phi) is 4.37. The number of ether oxygens (including phenoxy) is 1. The number of rotatable bonds is 4. The zero-order valence-corrected chi connectivity index (χ0v) is 12.5. The predicted molar refractivity (Wildman–Crippen MR) is 76.5 cm³/mol. The lowest BCUT2D eigenvalue weighted by Crippen LogP contribution is -2.12. The molecule has 0 aliphatic heterocycles. The Morgan fingerprint density at radius 3 is 2.90 bits per heavy atom. The van der Waals surface area contributed by atoms with Crippen molar-refractivity contribution in [3.63, 3.8) is 0 Å². The van der Waals surface area contributed by atoms with Crippen molar-refractivity contribution in [2.45, 2.75) is 13.0 Å². The summed E-state index contributed by atoms with van der Waals surface area (Å²) in [5.41, 5.74) is 5.77. The molecule has 3 N–H and O–H groups in total. The molecule has 0 fully saturated rings. The largest absolute Gasteiger partial charge is 0.478 e. The van der Waals surface area contributed by atoms with Crippen molar-refractivity contribution < 1.29 is 19.0 Å². The van der Waals surface area contributed by atoms with Gasteiger partial charge >= 0.3 is 5.97 Å². The summed E-state index contributed by atoms with van der Waals surface area (Å²) in [5, 5.41) is 9.13. The maximum absolute atomic E-state index is 13.3. The van der Waals surface area contributed by atoms with Crippen molar-refractivity contribution >= 4 is 27.7 Å². The van der Waals surface area contributed by atoms with Crippen LogP contribution in [-0.2, 0) is 0 Å². The fourth-order valence-electron chi connectivity index (χ4n) is 1.74. The lowest BCUT2D eigenvalue weighted by molar-refractivity contribution is 0.0691. The van der Waals surface area contributed by atoms with Crippen molar-refractivity contribution in [1.29, 1.82) is 0 Å². The van der Waals surface area contributed by atoms with Crippen LogP contribution in [0.2, 0.25) is 0 Å². The topological polar surface area (TPSA) is 98.3 Å². The van der Waals surface area contributed by atoms with Crippen LogP contribution in [0.3, 0.4) is 0 Å². The van der Waals surface area contributed by atoms with Crippen LogP contribution < -0.4 is 10.5 Å². The zero-order valence-electron chi connectivity index (χ0n) is 10.9. The number of carbonyl (C=O) groups is 1. The van der Waals surface area contributed by atoms with Gasteiger partial charge in [-0.15, -0.1) is 0 Å². The molecule has 0 saturated carbocycles. The molecule has 0 saturated heterocycles. The second-order valence-corrected chi connectivity index (χ2v) is 4.99. The number of aromatic nitrogens is 2. The number of halogens is 2. The Morgan fingerprint density at radius 2 is 2.24 bits per heavy atom. The van der Waals surface area contributed by atoms with Crippen LogP contribution in [0.1, 0.15) is 28.9 Å². The van der Waals surface area contributed by atoms with Crippen LogP contribution in [0.15, 0.2) is 29.0 Å². The van der Waals surface area contributed by atoms with Gasteiger partial charge in [0.05, 0.1) is 11.8 Å². The first-order valence-electron chi connectivity index (χ1n) is 5.86. The van der Waals surface area contributed by atoms with Gasteiger partial charge < -0.3 is 15.6 Å². The van der Waals surface area contributed by atoms with Gasteiger partial charge in [-0.25, -0.2) is 19.2 Å². The molecular formula is C13H11BrFN3O3. The van der Waals surface area contributed by atoms with Crippen molar-refractivity contribution in [1.82, 2.24) is 9.97 Å². The van der Waals surface area contributed by atoms with E-state index in [2.05, 4.69) is 25.9 Å². The van der Waals surface area contributed by atoms with Crippen molar-refractivity contribution in [3.8, 4) is 5.88 Å². The molecule has 2 rings (SSSR count). The van der Waals surface area contributed by atoms with Crippen LogP contribution in [0, 0.1) is 5.82 Å². The Labute approximate surface area is 127 Å². The molecule has 0 amide bonds. The molecule has 6 nitrogen and oxygen atoms in total. The average Bonchev–Trinajstić information content (AvgIpc) is 2.42. The van der Waals surface area contributed by atoms with Crippen molar-refractivity contribution in [2.24, 2.45) is 0 Å². The normalized spacial score (nSPS) is 12.0. The van der Waals surface area contributed by atoms with E-state index in [4.69, 9.17) is 15.6 Å². The van der Waals surface area contributed by atoms with E-state index in [1.807, 2.05) is 0 Å². The molecule has 0 aliphatic rings. The quantitative estimate of drug-likeness (QED) is 0.874. The van der Waals surface area contributed by atoms with Gasteiger partial charge in [0, 0.05) is 5.56 Å². The maximum Gasteiger partial charge on any atom is 0.336 e. The number of anilines is 1. The molecule has 0 radical (unpaired) electrons. The molecule has 0 aliphatic carbocycles. The van der Waals surface area contributed by atoms with Gasteiger partial charge in [-0.2, -0.15) is 0 Å². The highest BCUT2D eigenvalue weighted by atomic mass is 79.9. The van der Waals surface area contributed by atoms with Crippen molar-refractivity contribution in [2.75, 3.05) is 5.73 Å². The Hall–Kier alpha value is -2.22. The molecule has 1 aromatic heterocycles. The van der Waals surface area contributed by atoms with E-state index in [0.29, 0.717) is 4.60 Å². The molecule has 0 spiro atoms. The first-order valence-corrected chi connectivity index (χ1v) is 6.65. The Morgan fingerprint density at radius 1 is 1.52 bits per heavy atom. The summed E-state index contributed by atoms with van der Waals surface area (Å²) in [4.78, 5) is 19.0. The summed E-state index contributed by atoms with van der Waals surface area (Å²) in [6, 6.07) is 3.37. The average molecular weight is 356 g/mol. The first-order chi connectivity index (χ1) is 9.88. The minimum absolute atomic E-state index is 0.0393. The fourth-order valence-corrected chi connectivity index (χ4v) is 2.01. The monoisotopic (exact) mass is 355 g/mol. The highest BCUT2D eigenvalue weighted by Gasteiger charge is 2.19. The lowest BCUT2D eigenvalue weighted by Gasteiger charge is -2.17. The van der Waals surface area contributed by atoms with Gasteiger partial charge in [-0.1, -0.05) is 0 Å². The van der Waals surface area contributed by atoms with E-state index < -0.39 is 17.9 Å². The second kappa shape index (κ2) is 6.04. The van der Waals surface area contributed by atoms with Gasteiger partial charge in [0.2, 0.25) is 0 Å². The predicted octanol–water partition coefficient (Wildman–Crippen LogP) is 2.80. The minimum Gasteiger partial charge on any atom is -0.478 e. The van der Waals surface area contributed by atoms with Crippen molar-refractivity contribution in [3.05, 3.63) is 45.9 Å². The van der Waals surface area contributed by atoms with Crippen LogP contribution in [0.4, 0.5) is 10.2 Å². The number of nitrogens with zero attached hydrogens (tertiary/aromatic N) is 2. The molecule has 1 atom stereocenters. The standard InChI is InChI=1S/C13H11BrFN3O3/c1-6(21-12-11(16)17-5-10(14)18-12)9-4-7(15)2-3-8(9)13(19)20/h2-6H,1H3,(H2,16,17)(H,19,20)/t6-/m1/s1. The number of hydrogen-bond acceptors (Lipinski definition) is 5. The molecular weight excluding hydrogens is 345 g/mol. The van der Waals surface area contributed by atoms with E-state index >= 15 is 0 Å². The number of nitrogens with two attached hydrogens (primary N) is 1. The molecule has 21 heavy (non-hydrogen) atoms. The number of hydrogen-bond donors (Lipinski definition) is 2. The third-order valence-electron chi connectivity index (χ3n) is 2.71. The van der Waals surface area contributed by atoms with E-state index in [-0.39, 0.29) is 22.8 Å². The SMILES string of the molecule is C[C@@H](Oc1nc(Br)cnc1N)c1cc(F)ccc1C(=O)O. The summed E-state index contributed by atoms with van der Waals surface area (Å²) >= 11 is 3.13. The summed E-state index contributed by atoms with van der Waals surface area (Å²) in [5.74, 6) is -1.64. The maximum atomic E-state index is 13.3.